The minimum atomic E-state index is -0.199. The maximum atomic E-state index is 13.4. The molecule has 0 atom stereocenters. The van der Waals surface area contributed by atoms with E-state index in [1.165, 1.54) is 16.4 Å². The Morgan fingerprint density at radius 3 is 2.69 bits per heavy atom. The summed E-state index contributed by atoms with van der Waals surface area (Å²) in [5.41, 5.74) is 3.47. The van der Waals surface area contributed by atoms with Crippen LogP contribution in [-0.2, 0) is 12.8 Å². The van der Waals surface area contributed by atoms with Gasteiger partial charge in [0.1, 0.15) is 0 Å². The smallest absolute Gasteiger partial charge is 0.283 e. The molecule has 0 aliphatic carbocycles. The van der Waals surface area contributed by atoms with Gasteiger partial charge in [0.15, 0.2) is 5.69 Å². The Kier molecular flexibility index (Phi) is 5.28. The molecule has 10 heteroatoms. The van der Waals surface area contributed by atoms with Gasteiger partial charge in [-0.15, -0.1) is 5.10 Å². The molecule has 32 heavy (non-hydrogen) atoms. The lowest BCUT2D eigenvalue weighted by Gasteiger charge is -2.08. The van der Waals surface area contributed by atoms with E-state index in [4.69, 9.17) is 11.6 Å². The van der Waals surface area contributed by atoms with Gasteiger partial charge >= 0.3 is 0 Å². The number of nitrogens with zero attached hydrogens (tertiary/aromatic N) is 7. The number of thioether (sulfide) groups is 1. The standard InChI is InChI=1S/C22H18ClN7OS/c1-14-20(21(31)30(28(14)2)16-8-4-3-5-9-16)29-22(25-26-27-29)32-13-17-18(23)11-10-15-7-6-12-24-19(15)17/h3-12H,13H2,1-2H3. The zero-order valence-corrected chi connectivity index (χ0v) is 18.9. The van der Waals surface area contributed by atoms with Crippen molar-refractivity contribution >= 4 is 34.3 Å². The van der Waals surface area contributed by atoms with Gasteiger partial charge < -0.3 is 0 Å². The van der Waals surface area contributed by atoms with Crippen LogP contribution in [0.25, 0.3) is 22.3 Å². The summed E-state index contributed by atoms with van der Waals surface area (Å²) in [4.78, 5) is 17.8. The number of pyridine rings is 1. The lowest BCUT2D eigenvalue weighted by Crippen LogP contribution is -2.22. The van der Waals surface area contributed by atoms with Crippen molar-refractivity contribution in [1.29, 1.82) is 0 Å². The Morgan fingerprint density at radius 1 is 1.06 bits per heavy atom. The quantitative estimate of drug-likeness (QED) is 0.367. The summed E-state index contributed by atoms with van der Waals surface area (Å²) in [7, 11) is 1.84. The van der Waals surface area contributed by atoms with E-state index in [0.29, 0.717) is 21.6 Å². The van der Waals surface area contributed by atoms with E-state index in [2.05, 4.69) is 20.5 Å². The van der Waals surface area contributed by atoms with Crippen LogP contribution < -0.4 is 5.56 Å². The molecule has 0 saturated carbocycles. The summed E-state index contributed by atoms with van der Waals surface area (Å²) in [6, 6.07) is 17.2. The van der Waals surface area contributed by atoms with Gasteiger partial charge in [0.05, 0.1) is 16.9 Å². The highest BCUT2D eigenvalue weighted by Gasteiger charge is 2.22. The van der Waals surface area contributed by atoms with Crippen LogP contribution in [0.2, 0.25) is 5.02 Å². The monoisotopic (exact) mass is 463 g/mol. The van der Waals surface area contributed by atoms with E-state index in [1.807, 2.05) is 68.6 Å². The molecule has 0 aliphatic rings. The summed E-state index contributed by atoms with van der Waals surface area (Å²) in [5, 5.41) is 14.2. The lowest BCUT2D eigenvalue weighted by atomic mass is 10.1. The second kappa shape index (κ2) is 8.25. The maximum absolute atomic E-state index is 13.4. The Morgan fingerprint density at radius 2 is 1.88 bits per heavy atom. The fourth-order valence-electron chi connectivity index (χ4n) is 3.66. The maximum Gasteiger partial charge on any atom is 0.297 e. The largest absolute Gasteiger partial charge is 0.297 e. The molecule has 160 valence electrons. The first kappa shape index (κ1) is 20.5. The second-order valence-corrected chi connectivity index (χ2v) is 8.52. The summed E-state index contributed by atoms with van der Waals surface area (Å²) in [6.45, 7) is 1.87. The van der Waals surface area contributed by atoms with Crippen LogP contribution >= 0.6 is 23.4 Å². The van der Waals surface area contributed by atoms with Crippen LogP contribution in [0.1, 0.15) is 11.3 Å². The molecule has 0 aliphatic heterocycles. The van der Waals surface area contributed by atoms with Crippen molar-refractivity contribution in [1.82, 2.24) is 34.6 Å². The van der Waals surface area contributed by atoms with E-state index in [0.717, 1.165) is 27.8 Å². The molecule has 0 N–H and O–H groups in total. The van der Waals surface area contributed by atoms with E-state index >= 15 is 0 Å². The lowest BCUT2D eigenvalue weighted by molar-refractivity contribution is 0.630. The second-order valence-electron chi connectivity index (χ2n) is 7.17. The number of aromatic nitrogens is 7. The minimum Gasteiger partial charge on any atom is -0.283 e. The molecule has 5 rings (SSSR count). The van der Waals surface area contributed by atoms with E-state index in [-0.39, 0.29) is 5.56 Å². The topological polar surface area (TPSA) is 83.4 Å². The Balaban J connectivity index is 1.54. The predicted octanol–water partition coefficient (Wildman–Crippen LogP) is 3.95. The summed E-state index contributed by atoms with van der Waals surface area (Å²) in [5.74, 6) is 0.506. The average Bonchev–Trinajstić information content (AvgIpc) is 3.35. The molecule has 8 nitrogen and oxygen atoms in total. The van der Waals surface area contributed by atoms with Crippen LogP contribution in [0.15, 0.2) is 70.7 Å². The molecule has 0 radical (unpaired) electrons. The Hall–Kier alpha value is -3.43. The van der Waals surface area contributed by atoms with Crippen LogP contribution in [0, 0.1) is 6.92 Å². The van der Waals surface area contributed by atoms with Gasteiger partial charge in [-0.05, 0) is 41.6 Å². The molecule has 0 unspecified atom stereocenters. The van der Waals surface area contributed by atoms with Crippen LogP contribution in [-0.4, -0.2) is 34.6 Å². The molecular weight excluding hydrogens is 446 g/mol. The highest BCUT2D eigenvalue weighted by atomic mass is 35.5. The number of tetrazole rings is 1. The van der Waals surface area contributed by atoms with Gasteiger partial charge in [-0.3, -0.25) is 14.5 Å². The molecule has 0 fully saturated rings. The van der Waals surface area contributed by atoms with Gasteiger partial charge in [0, 0.05) is 35.0 Å². The fraction of sp³-hybridized carbons (Fsp3) is 0.136. The minimum absolute atomic E-state index is 0.199. The normalized spacial score (nSPS) is 11.3. The predicted molar refractivity (Wildman–Crippen MR) is 125 cm³/mol. The molecular formula is C22H18ClN7OS. The third-order valence-corrected chi connectivity index (χ3v) is 6.64. The van der Waals surface area contributed by atoms with E-state index in [1.54, 1.807) is 15.6 Å². The summed E-state index contributed by atoms with van der Waals surface area (Å²) >= 11 is 7.88. The van der Waals surface area contributed by atoms with Crippen molar-refractivity contribution in [3.8, 4) is 11.4 Å². The van der Waals surface area contributed by atoms with Gasteiger partial charge in [0.25, 0.3) is 5.56 Å². The van der Waals surface area contributed by atoms with E-state index in [9.17, 15) is 4.79 Å². The zero-order chi connectivity index (χ0) is 22.2. The highest BCUT2D eigenvalue weighted by molar-refractivity contribution is 7.98. The number of hydrogen-bond acceptors (Lipinski definition) is 6. The number of rotatable bonds is 5. The third kappa shape index (κ3) is 3.39. The third-order valence-electron chi connectivity index (χ3n) is 5.34. The van der Waals surface area contributed by atoms with Gasteiger partial charge in [-0.1, -0.05) is 53.7 Å². The van der Waals surface area contributed by atoms with Gasteiger partial charge in [-0.25, -0.2) is 4.68 Å². The fourth-order valence-corrected chi connectivity index (χ4v) is 4.87. The highest BCUT2D eigenvalue weighted by Crippen LogP contribution is 2.31. The Labute approximate surface area is 192 Å². The Bertz CT molecular complexity index is 1490. The van der Waals surface area contributed by atoms with Crippen molar-refractivity contribution in [2.45, 2.75) is 17.8 Å². The van der Waals surface area contributed by atoms with Crippen molar-refractivity contribution in [3.05, 3.63) is 87.4 Å². The molecule has 2 aromatic carbocycles. The van der Waals surface area contributed by atoms with Crippen molar-refractivity contribution in [2.24, 2.45) is 7.05 Å². The van der Waals surface area contributed by atoms with Crippen molar-refractivity contribution < 1.29 is 0 Å². The SMILES string of the molecule is Cc1c(-n2nnnc2SCc2c(Cl)ccc3cccnc23)c(=O)n(-c2ccccc2)n1C. The van der Waals surface area contributed by atoms with Crippen LogP contribution in [0.5, 0.6) is 0 Å². The average molecular weight is 464 g/mol. The molecule has 3 aromatic heterocycles. The van der Waals surface area contributed by atoms with Crippen molar-refractivity contribution in [3.63, 3.8) is 0 Å². The molecule has 0 spiro atoms. The summed E-state index contributed by atoms with van der Waals surface area (Å²) < 4.78 is 4.90. The molecule has 3 heterocycles. The van der Waals surface area contributed by atoms with Crippen LogP contribution in [0.3, 0.4) is 0 Å². The first-order valence-electron chi connectivity index (χ1n) is 9.84. The van der Waals surface area contributed by atoms with Gasteiger partial charge in [-0.2, -0.15) is 4.68 Å². The number of halogens is 1. The number of para-hydroxylation sites is 1. The number of fused-ring (bicyclic) bond motifs is 1. The number of hydrogen-bond donors (Lipinski definition) is 0. The molecule has 0 saturated heterocycles. The number of benzene rings is 2. The summed E-state index contributed by atoms with van der Waals surface area (Å²) in [6.07, 6.45) is 1.75. The van der Waals surface area contributed by atoms with Crippen LogP contribution in [0.4, 0.5) is 0 Å². The molecule has 0 bridgehead atoms. The van der Waals surface area contributed by atoms with E-state index < -0.39 is 0 Å². The molecule has 0 amide bonds. The van der Waals surface area contributed by atoms with Gasteiger partial charge in [0.2, 0.25) is 5.16 Å². The first-order chi connectivity index (χ1) is 15.6. The first-order valence-corrected chi connectivity index (χ1v) is 11.2. The zero-order valence-electron chi connectivity index (χ0n) is 17.3. The molecule has 5 aromatic rings. The van der Waals surface area contributed by atoms with Crippen molar-refractivity contribution in [2.75, 3.05) is 0 Å².